The topological polar surface area (TPSA) is 56.8 Å². The summed E-state index contributed by atoms with van der Waals surface area (Å²) in [7, 11) is 1.56. The zero-order chi connectivity index (χ0) is 21.7. The summed E-state index contributed by atoms with van der Waals surface area (Å²) in [6, 6.07) is 8.12. The molecule has 1 aliphatic heterocycles. The number of aryl methyl sites for hydroxylation is 1. The molecule has 6 nitrogen and oxygen atoms in total. The molecule has 1 aromatic carbocycles. The molecule has 8 heteroatoms. The average molecular weight is 416 g/mol. The van der Waals surface area contributed by atoms with Gasteiger partial charge in [0.1, 0.15) is 5.82 Å². The number of benzene rings is 1. The Morgan fingerprint density at radius 3 is 2.50 bits per heavy atom. The van der Waals surface area contributed by atoms with Crippen LogP contribution in [-0.2, 0) is 16.0 Å². The van der Waals surface area contributed by atoms with Crippen molar-refractivity contribution in [1.82, 2.24) is 9.88 Å². The molecule has 0 aliphatic carbocycles. The third-order valence-electron chi connectivity index (χ3n) is 5.41. The highest BCUT2D eigenvalue weighted by atomic mass is 19.1. The predicted octanol–water partition coefficient (Wildman–Crippen LogP) is 3.01. The Balaban J connectivity index is 1.55. The van der Waals surface area contributed by atoms with Gasteiger partial charge in [-0.2, -0.15) is 4.39 Å². The number of nitrogens with zero attached hydrogens (tertiary/aromatic N) is 4. The van der Waals surface area contributed by atoms with Crippen LogP contribution < -0.4 is 9.80 Å². The van der Waals surface area contributed by atoms with Crippen molar-refractivity contribution in [1.29, 1.82) is 0 Å². The predicted molar refractivity (Wildman–Crippen MR) is 111 cm³/mol. The SMILES string of the molecule is CCC(=O)N(C)c1ccc(N2CCN(C(=O)CCc3cccnc3F)CC2)cc1F. The quantitative estimate of drug-likeness (QED) is 0.680. The van der Waals surface area contributed by atoms with Gasteiger partial charge in [0.05, 0.1) is 5.69 Å². The summed E-state index contributed by atoms with van der Waals surface area (Å²) in [6.07, 6.45) is 2.23. The third kappa shape index (κ3) is 4.93. The van der Waals surface area contributed by atoms with Crippen LogP contribution in [0.2, 0.25) is 0 Å². The number of piperazine rings is 1. The lowest BCUT2D eigenvalue weighted by atomic mass is 10.1. The zero-order valence-corrected chi connectivity index (χ0v) is 17.3. The second kappa shape index (κ2) is 9.65. The lowest BCUT2D eigenvalue weighted by Crippen LogP contribution is -2.48. The highest BCUT2D eigenvalue weighted by Crippen LogP contribution is 2.26. The van der Waals surface area contributed by atoms with Gasteiger partial charge in [-0.05, 0) is 30.7 Å². The zero-order valence-electron chi connectivity index (χ0n) is 17.3. The molecule has 0 atom stereocenters. The Bertz CT molecular complexity index is 914. The van der Waals surface area contributed by atoms with E-state index in [1.807, 2.05) is 4.90 Å². The fraction of sp³-hybridized carbons (Fsp3) is 0.409. The molecule has 160 valence electrons. The molecule has 30 heavy (non-hydrogen) atoms. The first-order chi connectivity index (χ1) is 14.4. The lowest BCUT2D eigenvalue weighted by molar-refractivity contribution is -0.131. The Labute approximate surface area is 175 Å². The maximum atomic E-state index is 14.5. The number of amides is 2. The molecule has 1 aliphatic rings. The molecule has 1 aromatic heterocycles. The van der Waals surface area contributed by atoms with Gasteiger partial charge in [0, 0.05) is 63.5 Å². The first-order valence-electron chi connectivity index (χ1n) is 10.1. The minimum atomic E-state index is -0.535. The highest BCUT2D eigenvalue weighted by molar-refractivity contribution is 5.92. The van der Waals surface area contributed by atoms with Gasteiger partial charge < -0.3 is 14.7 Å². The molecule has 0 unspecified atom stereocenters. The van der Waals surface area contributed by atoms with E-state index < -0.39 is 11.8 Å². The second-order valence-electron chi connectivity index (χ2n) is 7.26. The number of halogens is 2. The fourth-order valence-electron chi connectivity index (χ4n) is 3.56. The van der Waals surface area contributed by atoms with Crippen molar-refractivity contribution in [3.8, 4) is 0 Å². The molecule has 1 fully saturated rings. The van der Waals surface area contributed by atoms with Gasteiger partial charge in [0.2, 0.25) is 17.8 Å². The van der Waals surface area contributed by atoms with E-state index in [-0.39, 0.29) is 23.9 Å². The summed E-state index contributed by atoms with van der Waals surface area (Å²) in [4.78, 5) is 32.9. The highest BCUT2D eigenvalue weighted by Gasteiger charge is 2.22. The number of hydrogen-bond acceptors (Lipinski definition) is 4. The van der Waals surface area contributed by atoms with Crippen molar-refractivity contribution >= 4 is 23.2 Å². The second-order valence-corrected chi connectivity index (χ2v) is 7.26. The molecular formula is C22H26F2N4O2. The smallest absolute Gasteiger partial charge is 0.226 e. The van der Waals surface area contributed by atoms with E-state index >= 15 is 0 Å². The third-order valence-corrected chi connectivity index (χ3v) is 5.41. The maximum Gasteiger partial charge on any atom is 0.226 e. The fourth-order valence-corrected chi connectivity index (χ4v) is 3.56. The van der Waals surface area contributed by atoms with Gasteiger partial charge in [-0.3, -0.25) is 9.59 Å². The number of rotatable bonds is 6. The Kier molecular flexibility index (Phi) is 6.97. The van der Waals surface area contributed by atoms with E-state index in [1.165, 1.54) is 17.2 Å². The molecule has 0 saturated carbocycles. The monoisotopic (exact) mass is 416 g/mol. The molecule has 2 heterocycles. The minimum Gasteiger partial charge on any atom is -0.368 e. The van der Waals surface area contributed by atoms with Gasteiger partial charge >= 0.3 is 0 Å². The molecular weight excluding hydrogens is 390 g/mol. The molecule has 0 N–H and O–H groups in total. The summed E-state index contributed by atoms with van der Waals surface area (Å²) in [6.45, 7) is 3.93. The number of carbonyl (C=O) groups is 2. The standard InChI is InChI=1S/C22H26F2N4O2/c1-3-20(29)26(2)19-8-7-17(15-18(19)23)27-11-13-28(14-12-27)21(30)9-6-16-5-4-10-25-22(16)24/h4-5,7-8,10,15H,3,6,9,11-14H2,1-2H3. The molecule has 1 saturated heterocycles. The summed E-state index contributed by atoms with van der Waals surface area (Å²) >= 11 is 0. The molecule has 3 rings (SSSR count). The Hall–Kier alpha value is -3.03. The van der Waals surface area contributed by atoms with Gasteiger partial charge in [-0.15, -0.1) is 0 Å². The summed E-state index contributed by atoms with van der Waals surface area (Å²) in [5, 5.41) is 0. The van der Waals surface area contributed by atoms with Crippen LogP contribution >= 0.6 is 0 Å². The normalized spacial score (nSPS) is 14.0. The van der Waals surface area contributed by atoms with Crippen molar-refractivity contribution in [2.24, 2.45) is 0 Å². The van der Waals surface area contributed by atoms with Crippen LogP contribution in [-0.4, -0.2) is 54.9 Å². The first kappa shape index (κ1) is 21.7. The lowest BCUT2D eigenvalue weighted by Gasteiger charge is -2.36. The van der Waals surface area contributed by atoms with Crippen LogP contribution in [0.1, 0.15) is 25.3 Å². The van der Waals surface area contributed by atoms with E-state index in [0.717, 1.165) is 5.69 Å². The van der Waals surface area contributed by atoms with Gasteiger partial charge in [-0.1, -0.05) is 13.0 Å². The van der Waals surface area contributed by atoms with E-state index in [0.29, 0.717) is 44.6 Å². The molecule has 2 amide bonds. The van der Waals surface area contributed by atoms with Crippen LogP contribution in [0.4, 0.5) is 20.2 Å². The first-order valence-corrected chi connectivity index (χ1v) is 10.1. The summed E-state index contributed by atoms with van der Waals surface area (Å²) in [5.41, 5.74) is 1.41. The van der Waals surface area contributed by atoms with Crippen molar-refractivity contribution in [2.75, 3.05) is 43.0 Å². The van der Waals surface area contributed by atoms with E-state index in [1.54, 1.807) is 43.1 Å². The van der Waals surface area contributed by atoms with E-state index in [2.05, 4.69) is 4.98 Å². The van der Waals surface area contributed by atoms with E-state index in [4.69, 9.17) is 0 Å². The largest absolute Gasteiger partial charge is 0.368 e. The average Bonchev–Trinajstić information content (AvgIpc) is 2.77. The van der Waals surface area contributed by atoms with Crippen LogP contribution in [0.5, 0.6) is 0 Å². The Morgan fingerprint density at radius 1 is 1.13 bits per heavy atom. The Morgan fingerprint density at radius 2 is 1.87 bits per heavy atom. The molecule has 2 aromatic rings. The maximum absolute atomic E-state index is 14.5. The molecule has 0 bridgehead atoms. The summed E-state index contributed by atoms with van der Waals surface area (Å²) < 4.78 is 28.1. The van der Waals surface area contributed by atoms with Gasteiger partial charge in [-0.25, -0.2) is 9.37 Å². The van der Waals surface area contributed by atoms with Gasteiger partial charge in [0.15, 0.2) is 0 Å². The van der Waals surface area contributed by atoms with Crippen LogP contribution in [0.15, 0.2) is 36.5 Å². The van der Waals surface area contributed by atoms with E-state index in [9.17, 15) is 18.4 Å². The summed E-state index contributed by atoms with van der Waals surface area (Å²) in [5.74, 6) is -1.17. The molecule has 0 radical (unpaired) electrons. The minimum absolute atomic E-state index is 0.0286. The molecule has 0 spiro atoms. The van der Waals surface area contributed by atoms with Crippen LogP contribution in [0.25, 0.3) is 0 Å². The van der Waals surface area contributed by atoms with Crippen molar-refractivity contribution in [3.63, 3.8) is 0 Å². The number of hydrogen-bond donors (Lipinski definition) is 0. The van der Waals surface area contributed by atoms with Crippen molar-refractivity contribution in [2.45, 2.75) is 26.2 Å². The number of aromatic nitrogens is 1. The van der Waals surface area contributed by atoms with Crippen LogP contribution in [0, 0.1) is 11.8 Å². The van der Waals surface area contributed by atoms with Crippen molar-refractivity contribution < 1.29 is 18.4 Å². The number of anilines is 2. The van der Waals surface area contributed by atoms with Crippen LogP contribution in [0.3, 0.4) is 0 Å². The number of carbonyl (C=O) groups excluding carboxylic acids is 2. The number of pyridine rings is 1. The van der Waals surface area contributed by atoms with Gasteiger partial charge in [0.25, 0.3) is 0 Å². The van der Waals surface area contributed by atoms with Crippen molar-refractivity contribution in [3.05, 3.63) is 53.9 Å².